The summed E-state index contributed by atoms with van der Waals surface area (Å²) in [5.41, 5.74) is 2.72. The Morgan fingerprint density at radius 2 is 2.29 bits per heavy atom. The zero-order valence-electron chi connectivity index (χ0n) is 14.2. The Balaban J connectivity index is 1.98. The monoisotopic (exact) mass is 327 g/mol. The smallest absolute Gasteiger partial charge is 0.209 e. The molecule has 3 atom stereocenters. The van der Waals surface area contributed by atoms with Crippen molar-refractivity contribution in [3.63, 3.8) is 0 Å². The summed E-state index contributed by atoms with van der Waals surface area (Å²) < 4.78 is 5.37. The summed E-state index contributed by atoms with van der Waals surface area (Å²) >= 11 is 0. The number of phenols is 1. The third kappa shape index (κ3) is 1.88. The molecule has 0 aromatic heterocycles. The highest BCUT2D eigenvalue weighted by molar-refractivity contribution is 6.33. The number of ether oxygens (including phenoxy) is 1. The number of hydrogen-bond donors (Lipinski definition) is 1. The Hall–Kier alpha value is -1.98. The average Bonchev–Trinajstić information content (AvgIpc) is 2.57. The number of Topliss-reactive ketones (excluding diaryl/α,β-unsaturated/α-hetero) is 1. The molecule has 3 aliphatic rings. The zero-order chi connectivity index (χ0) is 17.1. The minimum atomic E-state index is -0.351. The summed E-state index contributed by atoms with van der Waals surface area (Å²) in [6, 6.07) is 1.99. The van der Waals surface area contributed by atoms with E-state index < -0.39 is 0 Å². The van der Waals surface area contributed by atoms with Crippen molar-refractivity contribution in [3.05, 3.63) is 17.2 Å². The van der Waals surface area contributed by atoms with Crippen LogP contribution < -0.4 is 10.2 Å². The number of methoxy groups -OCH3 is 1. The number of carbonyl (C=O) groups excluding carboxylic acids is 2. The molecule has 2 fully saturated rings. The second-order valence-corrected chi connectivity index (χ2v) is 7.48. The van der Waals surface area contributed by atoms with Crippen molar-refractivity contribution < 1.29 is 19.4 Å². The summed E-state index contributed by atoms with van der Waals surface area (Å²) in [4.78, 5) is 25.8. The lowest BCUT2D eigenvalue weighted by Gasteiger charge is -2.58. The Labute approximate surface area is 142 Å². The first-order chi connectivity index (χ1) is 11.5. The van der Waals surface area contributed by atoms with Crippen LogP contribution in [0.3, 0.4) is 0 Å². The first kappa shape index (κ1) is 15.5. The highest BCUT2D eigenvalue weighted by Gasteiger charge is 2.57. The van der Waals surface area contributed by atoms with Crippen molar-refractivity contribution in [2.75, 3.05) is 13.7 Å². The standard InChI is InChI=1S/C18H22BNO4/c1-24-15-7-13(19)11-6-14-12-3-2-10(22)8-18(12,16(11)17(15)23)4-5-20(14)9-21/h7,9,12,14,23H,2-6,8,19H2,1H3. The molecule has 1 amide bonds. The van der Waals surface area contributed by atoms with Crippen molar-refractivity contribution in [2.45, 2.75) is 43.6 Å². The van der Waals surface area contributed by atoms with Crippen molar-refractivity contribution >= 4 is 25.5 Å². The fraction of sp³-hybridized carbons (Fsp3) is 0.556. The molecule has 1 N–H and O–H groups in total. The number of nitrogens with zero attached hydrogens (tertiary/aromatic N) is 1. The molecule has 1 saturated heterocycles. The predicted octanol–water partition coefficient (Wildman–Crippen LogP) is 0.0530. The van der Waals surface area contributed by atoms with Crippen LogP contribution >= 0.6 is 0 Å². The predicted molar refractivity (Wildman–Crippen MR) is 91.7 cm³/mol. The van der Waals surface area contributed by atoms with Crippen molar-refractivity contribution in [1.29, 1.82) is 0 Å². The molecule has 4 rings (SSSR count). The van der Waals surface area contributed by atoms with Gasteiger partial charge in [0.25, 0.3) is 0 Å². The van der Waals surface area contributed by atoms with E-state index in [1.54, 1.807) is 7.11 Å². The maximum atomic E-state index is 12.3. The minimum Gasteiger partial charge on any atom is -0.504 e. The van der Waals surface area contributed by atoms with Crippen LogP contribution in [0, 0.1) is 5.92 Å². The van der Waals surface area contributed by atoms with Gasteiger partial charge in [-0.05, 0) is 36.8 Å². The van der Waals surface area contributed by atoms with Crippen molar-refractivity contribution in [3.8, 4) is 11.5 Å². The number of phenolic OH excluding ortho intramolecular Hbond substituents is 1. The first-order valence-electron chi connectivity index (χ1n) is 8.64. The largest absolute Gasteiger partial charge is 0.504 e. The maximum absolute atomic E-state index is 12.3. The van der Waals surface area contributed by atoms with E-state index in [2.05, 4.69) is 0 Å². The normalized spacial score (nSPS) is 31.2. The Bertz CT molecular complexity index is 734. The molecule has 5 nitrogen and oxygen atoms in total. The van der Waals surface area contributed by atoms with E-state index in [1.165, 1.54) is 0 Å². The highest BCUT2D eigenvalue weighted by atomic mass is 16.5. The Kier molecular flexibility index (Phi) is 3.41. The highest BCUT2D eigenvalue weighted by Crippen LogP contribution is 2.57. The molecule has 0 radical (unpaired) electrons. The van der Waals surface area contributed by atoms with Gasteiger partial charge in [0, 0.05) is 36.4 Å². The number of carbonyl (C=O) groups is 2. The third-order valence-corrected chi connectivity index (χ3v) is 6.53. The molecule has 0 spiro atoms. The Morgan fingerprint density at radius 3 is 3.00 bits per heavy atom. The van der Waals surface area contributed by atoms with Gasteiger partial charge < -0.3 is 14.7 Å². The number of rotatable bonds is 2. The molecule has 24 heavy (non-hydrogen) atoms. The number of hydrogen-bond acceptors (Lipinski definition) is 4. The lowest BCUT2D eigenvalue weighted by atomic mass is 9.51. The van der Waals surface area contributed by atoms with E-state index in [-0.39, 0.29) is 28.9 Å². The Morgan fingerprint density at radius 1 is 1.50 bits per heavy atom. The molecule has 2 aliphatic carbocycles. The van der Waals surface area contributed by atoms with Gasteiger partial charge in [-0.1, -0.05) is 5.46 Å². The third-order valence-electron chi connectivity index (χ3n) is 6.53. The van der Waals surface area contributed by atoms with Crippen LogP contribution in [-0.4, -0.2) is 49.7 Å². The van der Waals surface area contributed by atoms with Crippen LogP contribution in [0.1, 0.15) is 36.8 Å². The molecule has 1 aliphatic heterocycles. The summed E-state index contributed by atoms with van der Waals surface area (Å²) in [5, 5.41) is 10.9. The topological polar surface area (TPSA) is 66.8 Å². The number of aromatic hydroxyl groups is 1. The van der Waals surface area contributed by atoms with E-state index in [0.717, 1.165) is 42.3 Å². The summed E-state index contributed by atoms with van der Waals surface area (Å²) in [6.07, 6.45) is 4.27. The van der Waals surface area contributed by atoms with Gasteiger partial charge in [0.15, 0.2) is 11.5 Å². The minimum absolute atomic E-state index is 0.128. The molecular formula is C18H22BNO4. The van der Waals surface area contributed by atoms with E-state index >= 15 is 0 Å². The summed E-state index contributed by atoms with van der Waals surface area (Å²) in [6.45, 7) is 0.646. The fourth-order valence-electron chi connectivity index (χ4n) is 5.49. The van der Waals surface area contributed by atoms with E-state index in [4.69, 9.17) is 4.74 Å². The van der Waals surface area contributed by atoms with Gasteiger partial charge in [-0.15, -0.1) is 0 Å². The number of amides is 1. The molecule has 3 unspecified atom stereocenters. The molecule has 1 aromatic rings. The van der Waals surface area contributed by atoms with Crippen molar-refractivity contribution in [1.82, 2.24) is 4.90 Å². The lowest BCUT2D eigenvalue weighted by Crippen LogP contribution is -2.62. The van der Waals surface area contributed by atoms with Crippen LogP contribution in [-0.2, 0) is 21.4 Å². The van der Waals surface area contributed by atoms with Gasteiger partial charge in [-0.2, -0.15) is 0 Å². The molecule has 1 aromatic carbocycles. The average molecular weight is 327 g/mol. The van der Waals surface area contributed by atoms with Gasteiger partial charge in [0.1, 0.15) is 13.6 Å². The molecule has 1 heterocycles. The molecule has 126 valence electrons. The van der Waals surface area contributed by atoms with Crippen LogP contribution in [0.4, 0.5) is 0 Å². The SMILES string of the molecule is Bc1cc(OC)c(O)c2c1CC1C3CCC(=O)CC23CCN1C=O. The fourth-order valence-corrected chi connectivity index (χ4v) is 5.49. The molecule has 6 heteroatoms. The maximum Gasteiger partial charge on any atom is 0.209 e. The van der Waals surface area contributed by atoms with E-state index in [1.807, 2.05) is 18.8 Å². The molecule has 1 saturated carbocycles. The number of piperidine rings is 1. The molecule has 2 bridgehead atoms. The van der Waals surface area contributed by atoms with Gasteiger partial charge in [0.2, 0.25) is 6.41 Å². The summed E-state index contributed by atoms with van der Waals surface area (Å²) in [5.74, 6) is 1.17. The van der Waals surface area contributed by atoms with Gasteiger partial charge in [-0.25, -0.2) is 0 Å². The first-order valence-corrected chi connectivity index (χ1v) is 8.64. The quantitative estimate of drug-likeness (QED) is 0.616. The van der Waals surface area contributed by atoms with Crippen molar-refractivity contribution in [2.24, 2.45) is 5.92 Å². The zero-order valence-corrected chi connectivity index (χ0v) is 14.2. The number of ketones is 1. The van der Waals surface area contributed by atoms with Gasteiger partial charge in [0.05, 0.1) is 7.11 Å². The second-order valence-electron chi connectivity index (χ2n) is 7.48. The second kappa shape index (κ2) is 5.26. The number of likely N-dealkylation sites (tertiary alicyclic amines) is 1. The number of fused-ring (bicyclic) bond motifs is 1. The van der Waals surface area contributed by atoms with Crippen LogP contribution in [0.25, 0.3) is 0 Å². The van der Waals surface area contributed by atoms with E-state index in [9.17, 15) is 14.7 Å². The lowest BCUT2D eigenvalue weighted by molar-refractivity contribution is -0.132. The van der Waals surface area contributed by atoms with Crippen LogP contribution in [0.2, 0.25) is 0 Å². The number of benzene rings is 1. The van der Waals surface area contributed by atoms with Gasteiger partial charge in [-0.3, -0.25) is 9.59 Å². The van der Waals surface area contributed by atoms with Crippen LogP contribution in [0.5, 0.6) is 11.5 Å². The molecular weight excluding hydrogens is 305 g/mol. The van der Waals surface area contributed by atoms with E-state index in [0.29, 0.717) is 25.1 Å². The summed E-state index contributed by atoms with van der Waals surface area (Å²) in [7, 11) is 3.58. The van der Waals surface area contributed by atoms with Crippen LogP contribution in [0.15, 0.2) is 6.07 Å². The van der Waals surface area contributed by atoms with Gasteiger partial charge >= 0.3 is 0 Å².